The van der Waals surface area contributed by atoms with Crippen molar-refractivity contribution in [1.29, 1.82) is 0 Å². The lowest BCUT2D eigenvalue weighted by Crippen LogP contribution is -2.02. The molecule has 0 spiro atoms. The quantitative estimate of drug-likeness (QED) is 0.789. The Hall–Kier alpha value is -2.39. The molecule has 4 heteroatoms. The van der Waals surface area contributed by atoms with Gasteiger partial charge in [-0.2, -0.15) is 0 Å². The molecule has 1 heterocycles. The van der Waals surface area contributed by atoms with Crippen LogP contribution in [0.25, 0.3) is 22.2 Å². The normalized spacial score (nSPS) is 10.7. The van der Waals surface area contributed by atoms with Gasteiger partial charge in [0, 0.05) is 16.0 Å². The average molecular weight is 298 g/mol. The Balaban J connectivity index is 2.19. The van der Waals surface area contributed by atoms with Gasteiger partial charge in [0.1, 0.15) is 0 Å². The molecule has 0 fully saturated rings. The minimum atomic E-state index is -0.853. The van der Waals surface area contributed by atoms with Crippen LogP contribution in [0.5, 0.6) is 0 Å². The molecule has 0 atom stereocenters. The average Bonchev–Trinajstić information content (AvgIpc) is 2.47. The second-order valence-corrected chi connectivity index (χ2v) is 5.20. The molecule has 1 aromatic heterocycles. The minimum Gasteiger partial charge on any atom is -0.481 e. The van der Waals surface area contributed by atoms with Crippen LogP contribution in [-0.4, -0.2) is 16.1 Å². The van der Waals surface area contributed by atoms with Crippen molar-refractivity contribution in [1.82, 2.24) is 4.98 Å². The first kappa shape index (κ1) is 13.6. The highest BCUT2D eigenvalue weighted by atomic mass is 35.5. The number of nitrogens with zero attached hydrogens (tertiary/aromatic N) is 1. The zero-order valence-electron chi connectivity index (χ0n) is 11.1. The number of carboxylic acid groups (broad SMARTS) is 1. The molecule has 0 bridgehead atoms. The van der Waals surface area contributed by atoms with Crippen LogP contribution in [0.3, 0.4) is 0 Å². The van der Waals surface area contributed by atoms with Crippen molar-refractivity contribution in [2.45, 2.75) is 6.42 Å². The first-order valence-corrected chi connectivity index (χ1v) is 6.88. The molecule has 0 aliphatic heterocycles. The first-order valence-electron chi connectivity index (χ1n) is 6.50. The predicted molar refractivity (Wildman–Crippen MR) is 83.5 cm³/mol. The maximum atomic E-state index is 11.1. The summed E-state index contributed by atoms with van der Waals surface area (Å²) in [6.07, 6.45) is -0.0242. The third-order valence-electron chi connectivity index (χ3n) is 3.28. The van der Waals surface area contributed by atoms with Crippen LogP contribution >= 0.6 is 11.6 Å². The smallest absolute Gasteiger partial charge is 0.307 e. The topological polar surface area (TPSA) is 50.2 Å². The lowest BCUT2D eigenvalue weighted by Gasteiger charge is -2.08. The molecule has 2 aromatic carbocycles. The third kappa shape index (κ3) is 2.88. The molecule has 0 amide bonds. The Morgan fingerprint density at radius 1 is 1.10 bits per heavy atom. The van der Waals surface area contributed by atoms with E-state index in [1.807, 2.05) is 42.5 Å². The lowest BCUT2D eigenvalue weighted by molar-refractivity contribution is -0.136. The van der Waals surface area contributed by atoms with Gasteiger partial charge in [0.05, 0.1) is 17.6 Å². The van der Waals surface area contributed by atoms with E-state index in [2.05, 4.69) is 4.98 Å². The van der Waals surface area contributed by atoms with Crippen molar-refractivity contribution in [3.05, 3.63) is 65.2 Å². The summed E-state index contributed by atoms with van der Waals surface area (Å²) in [7, 11) is 0. The third-order valence-corrected chi connectivity index (χ3v) is 3.54. The monoisotopic (exact) mass is 297 g/mol. The summed E-state index contributed by atoms with van der Waals surface area (Å²) < 4.78 is 0. The summed E-state index contributed by atoms with van der Waals surface area (Å²) in [6, 6.07) is 16.7. The van der Waals surface area contributed by atoms with E-state index in [0.717, 1.165) is 27.7 Å². The molecular weight excluding hydrogens is 286 g/mol. The van der Waals surface area contributed by atoms with Crippen LogP contribution < -0.4 is 0 Å². The molecule has 1 N–H and O–H groups in total. The van der Waals surface area contributed by atoms with Crippen LogP contribution in [0, 0.1) is 0 Å². The summed E-state index contributed by atoms with van der Waals surface area (Å²) >= 11 is 5.90. The number of fused-ring (bicyclic) bond motifs is 1. The molecule has 0 aliphatic rings. The number of aromatic nitrogens is 1. The van der Waals surface area contributed by atoms with Gasteiger partial charge >= 0.3 is 5.97 Å². The minimum absolute atomic E-state index is 0.0242. The summed E-state index contributed by atoms with van der Waals surface area (Å²) in [6.45, 7) is 0. The van der Waals surface area contributed by atoms with E-state index in [-0.39, 0.29) is 6.42 Å². The van der Waals surface area contributed by atoms with Crippen molar-refractivity contribution < 1.29 is 9.90 Å². The van der Waals surface area contributed by atoms with E-state index in [4.69, 9.17) is 16.7 Å². The van der Waals surface area contributed by atoms with Crippen molar-refractivity contribution >= 4 is 28.5 Å². The fourth-order valence-corrected chi connectivity index (χ4v) is 2.45. The van der Waals surface area contributed by atoms with E-state index in [1.54, 1.807) is 12.1 Å². The van der Waals surface area contributed by atoms with E-state index in [1.165, 1.54) is 0 Å². The van der Waals surface area contributed by atoms with Crippen molar-refractivity contribution in [2.24, 2.45) is 0 Å². The number of benzene rings is 2. The number of rotatable bonds is 3. The van der Waals surface area contributed by atoms with Crippen molar-refractivity contribution in [3.8, 4) is 11.3 Å². The molecule has 3 aromatic rings. The van der Waals surface area contributed by atoms with Crippen LogP contribution in [0.15, 0.2) is 54.6 Å². The molecule has 104 valence electrons. The van der Waals surface area contributed by atoms with Crippen LogP contribution in [0.2, 0.25) is 5.02 Å². The zero-order valence-corrected chi connectivity index (χ0v) is 11.8. The molecule has 0 radical (unpaired) electrons. The van der Waals surface area contributed by atoms with Gasteiger partial charge in [0.2, 0.25) is 0 Å². The Morgan fingerprint density at radius 2 is 1.81 bits per heavy atom. The number of para-hydroxylation sites is 1. The van der Waals surface area contributed by atoms with Crippen LogP contribution in [0.4, 0.5) is 0 Å². The highest BCUT2D eigenvalue weighted by Crippen LogP contribution is 2.26. The summed E-state index contributed by atoms with van der Waals surface area (Å²) in [5.41, 5.74) is 3.22. The van der Waals surface area contributed by atoms with Gasteiger partial charge in [-0.3, -0.25) is 4.79 Å². The molecular formula is C17H12ClNO2. The molecule has 21 heavy (non-hydrogen) atoms. The number of halogens is 1. The second-order valence-electron chi connectivity index (χ2n) is 4.76. The molecule has 3 nitrogen and oxygen atoms in total. The SMILES string of the molecule is O=C(O)Cc1cc(-c2ccc(Cl)cc2)nc2ccccc12. The Morgan fingerprint density at radius 3 is 2.52 bits per heavy atom. The number of carboxylic acids is 1. The van der Waals surface area contributed by atoms with Crippen LogP contribution in [0.1, 0.15) is 5.56 Å². The second kappa shape index (κ2) is 5.54. The standard InChI is InChI=1S/C17H12ClNO2/c18-13-7-5-11(6-8-13)16-9-12(10-17(20)21)14-3-1-2-4-15(14)19-16/h1-9H,10H2,(H,20,21). The highest BCUT2D eigenvalue weighted by Gasteiger charge is 2.10. The largest absolute Gasteiger partial charge is 0.481 e. The van der Waals surface area contributed by atoms with Gasteiger partial charge in [-0.05, 0) is 29.8 Å². The molecule has 0 saturated carbocycles. The van der Waals surface area contributed by atoms with Gasteiger partial charge in [0.15, 0.2) is 0 Å². The Kier molecular flexibility index (Phi) is 3.59. The van der Waals surface area contributed by atoms with Crippen molar-refractivity contribution in [3.63, 3.8) is 0 Å². The number of hydrogen-bond acceptors (Lipinski definition) is 2. The number of hydrogen-bond donors (Lipinski definition) is 1. The molecule has 0 aliphatic carbocycles. The van der Waals surface area contributed by atoms with Crippen molar-refractivity contribution in [2.75, 3.05) is 0 Å². The summed E-state index contributed by atoms with van der Waals surface area (Å²) in [5.74, 6) is -0.853. The van der Waals surface area contributed by atoms with E-state index in [9.17, 15) is 4.79 Å². The van der Waals surface area contributed by atoms with E-state index < -0.39 is 5.97 Å². The predicted octanol–water partition coefficient (Wildman–Crippen LogP) is 4.18. The number of aliphatic carboxylic acids is 1. The zero-order chi connectivity index (χ0) is 14.8. The lowest BCUT2D eigenvalue weighted by atomic mass is 10.0. The van der Waals surface area contributed by atoms with Gasteiger partial charge in [-0.1, -0.05) is 41.9 Å². The van der Waals surface area contributed by atoms with Gasteiger partial charge in [-0.15, -0.1) is 0 Å². The van der Waals surface area contributed by atoms with Crippen LogP contribution in [-0.2, 0) is 11.2 Å². The molecule has 3 rings (SSSR count). The first-order chi connectivity index (χ1) is 10.1. The fraction of sp³-hybridized carbons (Fsp3) is 0.0588. The molecule has 0 unspecified atom stereocenters. The fourth-order valence-electron chi connectivity index (χ4n) is 2.33. The van der Waals surface area contributed by atoms with Gasteiger partial charge in [-0.25, -0.2) is 4.98 Å². The van der Waals surface area contributed by atoms with E-state index >= 15 is 0 Å². The Labute approximate surface area is 126 Å². The maximum Gasteiger partial charge on any atom is 0.307 e. The molecule has 0 saturated heterocycles. The van der Waals surface area contributed by atoms with Gasteiger partial charge in [0.25, 0.3) is 0 Å². The Bertz CT molecular complexity index is 813. The highest BCUT2D eigenvalue weighted by molar-refractivity contribution is 6.30. The maximum absolute atomic E-state index is 11.1. The number of carbonyl (C=O) groups is 1. The summed E-state index contributed by atoms with van der Waals surface area (Å²) in [5, 5.41) is 10.6. The van der Waals surface area contributed by atoms with E-state index in [0.29, 0.717) is 5.02 Å². The van der Waals surface area contributed by atoms with Gasteiger partial charge < -0.3 is 5.11 Å². The summed E-state index contributed by atoms with van der Waals surface area (Å²) in [4.78, 5) is 15.7. The number of pyridine rings is 1.